The summed E-state index contributed by atoms with van der Waals surface area (Å²) in [5, 5.41) is 0. The van der Waals surface area contributed by atoms with Gasteiger partial charge in [0.1, 0.15) is 0 Å². The summed E-state index contributed by atoms with van der Waals surface area (Å²) < 4.78 is 0. The number of rotatable bonds is 2. The minimum absolute atomic E-state index is 0.155. The first kappa shape index (κ1) is 12.6. The number of hydrogen-bond donors (Lipinski definition) is 0. The van der Waals surface area contributed by atoms with Crippen LogP contribution >= 0.6 is 15.9 Å². The summed E-state index contributed by atoms with van der Waals surface area (Å²) in [5.74, 6) is 0.667. The van der Waals surface area contributed by atoms with Gasteiger partial charge in [0.05, 0.1) is 0 Å². The molecular weight excluding hydrogens is 278 g/mol. The summed E-state index contributed by atoms with van der Waals surface area (Å²) in [6.45, 7) is 6.00. The van der Waals surface area contributed by atoms with Gasteiger partial charge in [-0.2, -0.15) is 0 Å². The van der Waals surface area contributed by atoms with Gasteiger partial charge in [-0.15, -0.1) is 0 Å². The lowest BCUT2D eigenvalue weighted by Crippen LogP contribution is -2.28. The second-order valence-corrected chi connectivity index (χ2v) is 6.21. The van der Waals surface area contributed by atoms with Gasteiger partial charge in [-0.3, -0.25) is 4.79 Å². The molecule has 1 unspecified atom stereocenters. The standard InChI is InChI=1S/C14H18BrNO/c1-10(2)11-3-5-12(6-4-11)14(17)16-8-7-13(15)9-16/h3-6,10,13H,7-9H2,1-2H3. The Bertz CT molecular complexity index is 399. The lowest BCUT2D eigenvalue weighted by molar-refractivity contribution is 0.0793. The average molecular weight is 296 g/mol. The Morgan fingerprint density at radius 2 is 2.00 bits per heavy atom. The molecule has 2 rings (SSSR count). The topological polar surface area (TPSA) is 20.3 Å². The van der Waals surface area contributed by atoms with Crippen molar-refractivity contribution in [2.45, 2.75) is 31.0 Å². The van der Waals surface area contributed by atoms with Gasteiger partial charge in [-0.25, -0.2) is 0 Å². The average Bonchev–Trinajstić information content (AvgIpc) is 2.75. The summed E-state index contributed by atoms with van der Waals surface area (Å²) in [7, 11) is 0. The molecule has 3 heteroatoms. The van der Waals surface area contributed by atoms with E-state index in [-0.39, 0.29) is 5.91 Å². The van der Waals surface area contributed by atoms with E-state index in [9.17, 15) is 4.79 Å². The van der Waals surface area contributed by atoms with E-state index in [2.05, 4.69) is 41.9 Å². The largest absolute Gasteiger partial charge is 0.337 e. The second-order valence-electron chi connectivity index (χ2n) is 4.91. The number of benzene rings is 1. The van der Waals surface area contributed by atoms with E-state index in [0.717, 1.165) is 25.1 Å². The molecule has 1 aliphatic heterocycles. The molecule has 0 radical (unpaired) electrons. The van der Waals surface area contributed by atoms with Crippen LogP contribution in [-0.2, 0) is 0 Å². The normalized spacial score (nSPS) is 20.0. The number of nitrogens with zero attached hydrogens (tertiary/aromatic N) is 1. The number of carbonyl (C=O) groups excluding carboxylic acids is 1. The molecule has 1 atom stereocenters. The second kappa shape index (κ2) is 5.21. The minimum Gasteiger partial charge on any atom is -0.337 e. The Hall–Kier alpha value is -0.830. The highest BCUT2D eigenvalue weighted by molar-refractivity contribution is 9.09. The highest BCUT2D eigenvalue weighted by atomic mass is 79.9. The predicted octanol–water partition coefficient (Wildman–Crippen LogP) is 3.42. The van der Waals surface area contributed by atoms with Crippen molar-refractivity contribution in [3.63, 3.8) is 0 Å². The molecule has 1 aliphatic rings. The number of amides is 1. The fourth-order valence-electron chi connectivity index (χ4n) is 2.10. The smallest absolute Gasteiger partial charge is 0.253 e. The lowest BCUT2D eigenvalue weighted by Gasteiger charge is -2.16. The highest BCUT2D eigenvalue weighted by Gasteiger charge is 2.24. The Kier molecular flexibility index (Phi) is 3.87. The molecule has 0 aromatic heterocycles. The Balaban J connectivity index is 2.09. The lowest BCUT2D eigenvalue weighted by atomic mass is 10.0. The molecule has 1 saturated heterocycles. The van der Waals surface area contributed by atoms with Gasteiger partial charge >= 0.3 is 0 Å². The number of alkyl halides is 1. The zero-order chi connectivity index (χ0) is 12.4. The van der Waals surface area contributed by atoms with Gasteiger partial charge < -0.3 is 4.90 Å². The SMILES string of the molecule is CC(C)c1ccc(C(=O)N2CCC(Br)C2)cc1. The molecule has 0 spiro atoms. The monoisotopic (exact) mass is 295 g/mol. The third kappa shape index (κ3) is 2.89. The number of halogens is 1. The van der Waals surface area contributed by atoms with Crippen molar-refractivity contribution in [3.8, 4) is 0 Å². The maximum absolute atomic E-state index is 12.2. The van der Waals surface area contributed by atoms with Gasteiger partial charge in [0.2, 0.25) is 0 Å². The van der Waals surface area contributed by atoms with E-state index in [0.29, 0.717) is 10.7 Å². The van der Waals surface area contributed by atoms with E-state index >= 15 is 0 Å². The zero-order valence-electron chi connectivity index (χ0n) is 10.3. The fourth-order valence-corrected chi connectivity index (χ4v) is 2.65. The molecule has 17 heavy (non-hydrogen) atoms. The van der Waals surface area contributed by atoms with Crippen molar-refractivity contribution >= 4 is 21.8 Å². The molecule has 0 bridgehead atoms. The van der Waals surface area contributed by atoms with Crippen molar-refractivity contribution in [1.29, 1.82) is 0 Å². The van der Waals surface area contributed by atoms with Crippen molar-refractivity contribution in [2.75, 3.05) is 13.1 Å². The molecule has 1 aromatic carbocycles. The maximum Gasteiger partial charge on any atom is 0.253 e. The summed E-state index contributed by atoms with van der Waals surface area (Å²) in [6, 6.07) is 8.00. The van der Waals surface area contributed by atoms with Crippen LogP contribution in [0.5, 0.6) is 0 Å². The summed E-state index contributed by atoms with van der Waals surface area (Å²) in [6.07, 6.45) is 1.05. The summed E-state index contributed by atoms with van der Waals surface area (Å²) >= 11 is 3.56. The van der Waals surface area contributed by atoms with E-state index in [1.54, 1.807) is 0 Å². The van der Waals surface area contributed by atoms with Crippen molar-refractivity contribution < 1.29 is 4.79 Å². The molecule has 1 aromatic rings. The maximum atomic E-state index is 12.2. The van der Waals surface area contributed by atoms with Crippen LogP contribution in [0.25, 0.3) is 0 Å². The number of hydrogen-bond acceptors (Lipinski definition) is 1. The molecule has 2 nitrogen and oxygen atoms in total. The Morgan fingerprint density at radius 3 is 2.47 bits per heavy atom. The van der Waals surface area contributed by atoms with Crippen molar-refractivity contribution in [3.05, 3.63) is 35.4 Å². The summed E-state index contributed by atoms with van der Waals surface area (Å²) in [5.41, 5.74) is 2.08. The molecule has 1 fully saturated rings. The van der Waals surface area contributed by atoms with E-state index in [1.165, 1.54) is 5.56 Å². The third-order valence-electron chi connectivity index (χ3n) is 3.24. The van der Waals surface area contributed by atoms with Gasteiger partial charge in [0.15, 0.2) is 0 Å². The molecule has 1 amide bonds. The zero-order valence-corrected chi connectivity index (χ0v) is 11.9. The fraction of sp³-hybridized carbons (Fsp3) is 0.500. The van der Waals surface area contributed by atoms with Crippen LogP contribution < -0.4 is 0 Å². The van der Waals surface area contributed by atoms with Crippen LogP contribution in [0.4, 0.5) is 0 Å². The van der Waals surface area contributed by atoms with Crippen LogP contribution in [-0.4, -0.2) is 28.7 Å². The molecule has 0 saturated carbocycles. The van der Waals surface area contributed by atoms with Gasteiger partial charge in [-0.05, 0) is 30.0 Å². The minimum atomic E-state index is 0.155. The summed E-state index contributed by atoms with van der Waals surface area (Å²) in [4.78, 5) is 14.6. The Labute approximate surface area is 111 Å². The number of likely N-dealkylation sites (tertiary alicyclic amines) is 1. The molecule has 1 heterocycles. The third-order valence-corrected chi connectivity index (χ3v) is 3.99. The van der Waals surface area contributed by atoms with E-state index < -0.39 is 0 Å². The first-order valence-electron chi connectivity index (χ1n) is 6.11. The van der Waals surface area contributed by atoms with Crippen molar-refractivity contribution in [2.24, 2.45) is 0 Å². The molecule has 0 N–H and O–H groups in total. The molecule has 92 valence electrons. The van der Waals surface area contributed by atoms with Gasteiger partial charge in [0, 0.05) is 23.5 Å². The molecular formula is C14H18BrNO. The van der Waals surface area contributed by atoms with Gasteiger partial charge in [0.25, 0.3) is 5.91 Å². The van der Waals surface area contributed by atoms with Crippen LogP contribution in [0.1, 0.15) is 42.1 Å². The first-order chi connectivity index (χ1) is 8.08. The predicted molar refractivity (Wildman–Crippen MR) is 73.8 cm³/mol. The van der Waals surface area contributed by atoms with E-state index in [1.807, 2.05) is 17.0 Å². The van der Waals surface area contributed by atoms with Gasteiger partial charge in [-0.1, -0.05) is 41.9 Å². The Morgan fingerprint density at radius 1 is 1.35 bits per heavy atom. The van der Waals surface area contributed by atoms with Crippen LogP contribution in [0.15, 0.2) is 24.3 Å². The van der Waals surface area contributed by atoms with Crippen LogP contribution in [0.3, 0.4) is 0 Å². The first-order valence-corrected chi connectivity index (χ1v) is 7.03. The van der Waals surface area contributed by atoms with Crippen molar-refractivity contribution in [1.82, 2.24) is 4.90 Å². The van der Waals surface area contributed by atoms with E-state index in [4.69, 9.17) is 0 Å². The van der Waals surface area contributed by atoms with Crippen LogP contribution in [0, 0.1) is 0 Å². The quantitative estimate of drug-likeness (QED) is 0.766. The number of carbonyl (C=O) groups is 1. The molecule has 0 aliphatic carbocycles. The van der Waals surface area contributed by atoms with Crippen LogP contribution in [0.2, 0.25) is 0 Å². The highest BCUT2D eigenvalue weighted by Crippen LogP contribution is 2.20.